The van der Waals surface area contributed by atoms with Crippen LogP contribution in [0, 0.1) is 5.95 Å². The van der Waals surface area contributed by atoms with E-state index >= 15 is 0 Å². The molecule has 4 nitrogen and oxygen atoms in total. The molecule has 0 fully saturated rings. The molecule has 1 amide bonds. The molecular weight excluding hydrogens is 199 g/mol. The van der Waals surface area contributed by atoms with Gasteiger partial charge < -0.3 is 4.74 Å². The maximum Gasteiger partial charge on any atom is 0.412 e. The van der Waals surface area contributed by atoms with Crippen LogP contribution in [0.5, 0.6) is 0 Å². The molecule has 1 aromatic rings. The van der Waals surface area contributed by atoms with Gasteiger partial charge in [-0.2, -0.15) is 4.39 Å². The second-order valence-corrected chi connectivity index (χ2v) is 2.96. The lowest BCUT2D eigenvalue weighted by Crippen LogP contribution is -2.15. The third-order valence-electron chi connectivity index (χ3n) is 1.68. The first-order chi connectivity index (χ1) is 7.22. The van der Waals surface area contributed by atoms with E-state index in [0.717, 1.165) is 12.8 Å². The van der Waals surface area contributed by atoms with Gasteiger partial charge in [0.05, 0.1) is 6.61 Å². The standard InChI is InChI=1S/C10H13FN2O2/c1-2-3-7-15-10(14)13-9-6-4-5-8(11)12-9/h4-6H,2-3,7H2,1H3,(H,12,13,14). The smallest absolute Gasteiger partial charge is 0.412 e. The number of nitrogens with one attached hydrogen (secondary N) is 1. The SMILES string of the molecule is CCCCOC(=O)Nc1cccc(F)n1. The fourth-order valence-corrected chi connectivity index (χ4v) is 0.928. The van der Waals surface area contributed by atoms with Crippen molar-refractivity contribution in [2.24, 2.45) is 0 Å². The molecule has 0 aliphatic rings. The predicted molar refractivity (Wildman–Crippen MR) is 54.1 cm³/mol. The maximum absolute atomic E-state index is 12.6. The molecule has 0 aliphatic carbocycles. The summed E-state index contributed by atoms with van der Waals surface area (Å²) in [6.45, 7) is 2.35. The molecule has 82 valence electrons. The summed E-state index contributed by atoms with van der Waals surface area (Å²) >= 11 is 0. The van der Waals surface area contributed by atoms with Crippen LogP contribution in [0.1, 0.15) is 19.8 Å². The summed E-state index contributed by atoms with van der Waals surface area (Å²) in [6.07, 6.45) is 1.15. The Balaban J connectivity index is 2.37. The summed E-state index contributed by atoms with van der Waals surface area (Å²) in [4.78, 5) is 14.6. The lowest BCUT2D eigenvalue weighted by Gasteiger charge is -2.05. The van der Waals surface area contributed by atoms with E-state index in [1.165, 1.54) is 18.2 Å². The minimum Gasteiger partial charge on any atom is -0.449 e. The Kier molecular flexibility index (Phi) is 4.53. The summed E-state index contributed by atoms with van der Waals surface area (Å²) < 4.78 is 17.4. The van der Waals surface area contributed by atoms with Crippen LogP contribution in [-0.4, -0.2) is 17.7 Å². The third-order valence-corrected chi connectivity index (χ3v) is 1.68. The van der Waals surface area contributed by atoms with E-state index in [9.17, 15) is 9.18 Å². The van der Waals surface area contributed by atoms with Gasteiger partial charge in [-0.15, -0.1) is 0 Å². The molecule has 0 bridgehead atoms. The summed E-state index contributed by atoms with van der Waals surface area (Å²) in [7, 11) is 0. The average Bonchev–Trinajstić information content (AvgIpc) is 2.18. The van der Waals surface area contributed by atoms with Crippen LogP contribution in [-0.2, 0) is 4.74 Å². The molecule has 0 radical (unpaired) electrons. The molecule has 0 atom stereocenters. The molecule has 0 saturated heterocycles. The zero-order chi connectivity index (χ0) is 11.1. The number of ether oxygens (including phenoxy) is 1. The van der Waals surface area contributed by atoms with Crippen LogP contribution >= 0.6 is 0 Å². The van der Waals surface area contributed by atoms with Crippen molar-refractivity contribution in [2.45, 2.75) is 19.8 Å². The van der Waals surface area contributed by atoms with Crippen molar-refractivity contribution in [2.75, 3.05) is 11.9 Å². The van der Waals surface area contributed by atoms with Gasteiger partial charge >= 0.3 is 6.09 Å². The zero-order valence-electron chi connectivity index (χ0n) is 8.50. The van der Waals surface area contributed by atoms with Gasteiger partial charge in [0.25, 0.3) is 0 Å². The van der Waals surface area contributed by atoms with E-state index in [-0.39, 0.29) is 5.82 Å². The molecule has 0 aliphatic heterocycles. The largest absolute Gasteiger partial charge is 0.449 e. The van der Waals surface area contributed by atoms with Crippen molar-refractivity contribution in [3.05, 3.63) is 24.1 Å². The first kappa shape index (κ1) is 11.4. The maximum atomic E-state index is 12.6. The molecule has 0 unspecified atom stereocenters. The second-order valence-electron chi connectivity index (χ2n) is 2.96. The highest BCUT2D eigenvalue weighted by Gasteiger charge is 2.03. The molecule has 0 spiro atoms. The van der Waals surface area contributed by atoms with Crippen molar-refractivity contribution in [1.29, 1.82) is 0 Å². The Morgan fingerprint density at radius 2 is 2.40 bits per heavy atom. The molecule has 1 N–H and O–H groups in total. The highest BCUT2D eigenvalue weighted by molar-refractivity contribution is 5.83. The third kappa shape index (κ3) is 4.39. The van der Waals surface area contributed by atoms with E-state index in [1.54, 1.807) is 0 Å². The Morgan fingerprint density at radius 1 is 1.60 bits per heavy atom. The van der Waals surface area contributed by atoms with Crippen LogP contribution in [0.15, 0.2) is 18.2 Å². The number of unbranched alkanes of at least 4 members (excludes halogenated alkanes) is 1. The fourth-order valence-electron chi connectivity index (χ4n) is 0.928. The Labute approximate surface area is 87.5 Å². The lowest BCUT2D eigenvalue weighted by atomic mass is 10.4. The summed E-state index contributed by atoms with van der Waals surface area (Å²) in [5.74, 6) is -0.488. The summed E-state index contributed by atoms with van der Waals surface area (Å²) in [6, 6.07) is 4.15. The molecular formula is C10H13FN2O2. The van der Waals surface area contributed by atoms with Gasteiger partial charge in [-0.3, -0.25) is 5.32 Å². The van der Waals surface area contributed by atoms with Gasteiger partial charge in [-0.25, -0.2) is 9.78 Å². The van der Waals surface area contributed by atoms with E-state index in [4.69, 9.17) is 4.74 Å². The molecule has 5 heteroatoms. The topological polar surface area (TPSA) is 51.2 Å². The zero-order valence-corrected chi connectivity index (χ0v) is 8.50. The van der Waals surface area contributed by atoms with E-state index in [2.05, 4.69) is 10.3 Å². The van der Waals surface area contributed by atoms with Gasteiger partial charge in [-0.1, -0.05) is 19.4 Å². The Hall–Kier alpha value is -1.65. The number of carbonyl (C=O) groups is 1. The van der Waals surface area contributed by atoms with Crippen LogP contribution in [0.25, 0.3) is 0 Å². The monoisotopic (exact) mass is 212 g/mol. The molecule has 0 saturated carbocycles. The van der Waals surface area contributed by atoms with Crippen molar-refractivity contribution in [3.8, 4) is 0 Å². The van der Waals surface area contributed by atoms with Crippen LogP contribution in [0.4, 0.5) is 15.0 Å². The van der Waals surface area contributed by atoms with Crippen LogP contribution < -0.4 is 5.32 Å². The number of halogens is 1. The number of anilines is 1. The predicted octanol–water partition coefficient (Wildman–Crippen LogP) is 2.57. The highest BCUT2D eigenvalue weighted by atomic mass is 19.1. The van der Waals surface area contributed by atoms with Gasteiger partial charge in [0.15, 0.2) is 0 Å². The molecule has 1 heterocycles. The number of aromatic nitrogens is 1. The van der Waals surface area contributed by atoms with Crippen molar-refractivity contribution in [3.63, 3.8) is 0 Å². The van der Waals surface area contributed by atoms with Gasteiger partial charge in [0.1, 0.15) is 5.82 Å². The van der Waals surface area contributed by atoms with Crippen molar-refractivity contribution >= 4 is 11.9 Å². The fraction of sp³-hybridized carbons (Fsp3) is 0.400. The lowest BCUT2D eigenvalue weighted by molar-refractivity contribution is 0.160. The highest BCUT2D eigenvalue weighted by Crippen LogP contribution is 2.03. The van der Waals surface area contributed by atoms with Gasteiger partial charge in [0, 0.05) is 0 Å². The normalized spacial score (nSPS) is 9.73. The van der Waals surface area contributed by atoms with Crippen LogP contribution in [0.3, 0.4) is 0 Å². The number of carbonyl (C=O) groups excluding carboxylic acids is 1. The Morgan fingerprint density at radius 3 is 3.07 bits per heavy atom. The summed E-state index contributed by atoms with van der Waals surface area (Å²) in [5, 5.41) is 2.33. The van der Waals surface area contributed by atoms with E-state index in [1.807, 2.05) is 6.92 Å². The molecule has 15 heavy (non-hydrogen) atoms. The van der Waals surface area contributed by atoms with Crippen molar-refractivity contribution in [1.82, 2.24) is 4.98 Å². The summed E-state index contributed by atoms with van der Waals surface area (Å²) in [5.41, 5.74) is 0. The number of amides is 1. The average molecular weight is 212 g/mol. The van der Waals surface area contributed by atoms with E-state index < -0.39 is 12.0 Å². The number of nitrogens with zero attached hydrogens (tertiary/aromatic N) is 1. The minimum absolute atomic E-state index is 0.150. The number of hydrogen-bond acceptors (Lipinski definition) is 3. The number of rotatable bonds is 4. The molecule has 1 aromatic heterocycles. The quantitative estimate of drug-likeness (QED) is 0.616. The number of pyridine rings is 1. The first-order valence-electron chi connectivity index (χ1n) is 4.78. The van der Waals surface area contributed by atoms with Crippen LogP contribution in [0.2, 0.25) is 0 Å². The van der Waals surface area contributed by atoms with Gasteiger partial charge in [0.2, 0.25) is 5.95 Å². The first-order valence-corrected chi connectivity index (χ1v) is 4.78. The molecule has 0 aromatic carbocycles. The molecule has 1 rings (SSSR count). The Bertz CT molecular complexity index is 331. The second kappa shape index (κ2) is 5.95. The van der Waals surface area contributed by atoms with Crippen molar-refractivity contribution < 1.29 is 13.9 Å². The minimum atomic E-state index is -0.638. The van der Waals surface area contributed by atoms with E-state index in [0.29, 0.717) is 6.61 Å². The number of hydrogen-bond donors (Lipinski definition) is 1. The van der Waals surface area contributed by atoms with Gasteiger partial charge in [-0.05, 0) is 18.6 Å².